The van der Waals surface area contributed by atoms with E-state index in [1.165, 1.54) is 12.1 Å². The van der Waals surface area contributed by atoms with Crippen LogP contribution < -0.4 is 0 Å². The monoisotopic (exact) mass is 357 g/mol. The zero-order valence-corrected chi connectivity index (χ0v) is 14.4. The molecular weight excluding hydrogens is 337 g/mol. The normalized spacial score (nSPS) is 29.5. The van der Waals surface area contributed by atoms with Crippen LogP contribution in [0.4, 0.5) is 4.39 Å². The molecule has 2 saturated heterocycles. The summed E-state index contributed by atoms with van der Waals surface area (Å²) in [6.07, 6.45) is 2.08. The Labute approximate surface area is 141 Å². The molecule has 126 valence electrons. The molecule has 0 spiro atoms. The van der Waals surface area contributed by atoms with Crippen LogP contribution in [0.15, 0.2) is 29.2 Å². The summed E-state index contributed by atoms with van der Waals surface area (Å²) in [6, 6.07) is 5.72. The number of hydrogen-bond donors (Lipinski definition) is 0. The lowest BCUT2D eigenvalue weighted by Gasteiger charge is -2.27. The highest BCUT2D eigenvalue weighted by atomic mass is 32.2. The van der Waals surface area contributed by atoms with Crippen molar-refractivity contribution in [3.63, 3.8) is 0 Å². The first-order valence-electron chi connectivity index (χ1n) is 7.84. The third kappa shape index (κ3) is 4.02. The first-order chi connectivity index (χ1) is 11.0. The average molecular weight is 357 g/mol. The van der Waals surface area contributed by atoms with E-state index in [1.807, 2.05) is 0 Å². The Morgan fingerprint density at radius 2 is 1.87 bits per heavy atom. The minimum Gasteiger partial charge on any atom is -0.616 e. The Hall–Kier alpha value is -0.760. The average Bonchev–Trinajstić information content (AvgIpc) is 3.05. The van der Waals surface area contributed by atoms with Crippen molar-refractivity contribution in [1.29, 1.82) is 0 Å². The summed E-state index contributed by atoms with van der Waals surface area (Å²) in [5, 5.41) is -0.0952. The molecule has 2 aliphatic heterocycles. The molecular formula is C16H20FNO3S2. The number of hydrogen-bond acceptors (Lipinski definition) is 3. The van der Waals surface area contributed by atoms with Crippen LogP contribution in [0.3, 0.4) is 0 Å². The zero-order chi connectivity index (χ0) is 16.4. The lowest BCUT2D eigenvalue weighted by Crippen LogP contribution is -2.39. The first-order valence-corrected chi connectivity index (χ1v) is 10.5. The van der Waals surface area contributed by atoms with Gasteiger partial charge in [-0.05, 0) is 35.4 Å². The Kier molecular flexibility index (Phi) is 5.51. The zero-order valence-electron chi connectivity index (χ0n) is 12.8. The van der Waals surface area contributed by atoms with Crippen LogP contribution in [0.1, 0.15) is 19.3 Å². The first kappa shape index (κ1) is 17.1. The SMILES string of the molecule is O=C(C1CC[S+]([O-])CC1)N1CCC([S+]([O-])c2ccc(F)cc2)C1. The van der Waals surface area contributed by atoms with E-state index in [1.54, 1.807) is 17.0 Å². The third-order valence-corrected chi connectivity index (χ3v) is 7.65. The predicted molar refractivity (Wildman–Crippen MR) is 88.4 cm³/mol. The summed E-state index contributed by atoms with van der Waals surface area (Å²) in [5.41, 5.74) is 0. The van der Waals surface area contributed by atoms with E-state index >= 15 is 0 Å². The fourth-order valence-corrected chi connectivity index (χ4v) is 5.89. The molecule has 1 aromatic carbocycles. The molecule has 1 amide bonds. The maximum absolute atomic E-state index is 13.0. The highest BCUT2D eigenvalue weighted by Crippen LogP contribution is 2.27. The minimum atomic E-state index is -1.22. The molecule has 2 heterocycles. The second-order valence-electron chi connectivity index (χ2n) is 6.07. The van der Waals surface area contributed by atoms with E-state index in [-0.39, 0.29) is 22.9 Å². The van der Waals surface area contributed by atoms with E-state index in [0.717, 1.165) is 0 Å². The number of likely N-dealkylation sites (tertiary alicyclic amines) is 1. The van der Waals surface area contributed by atoms with E-state index in [0.29, 0.717) is 48.8 Å². The van der Waals surface area contributed by atoms with Crippen LogP contribution in [-0.2, 0) is 27.1 Å². The van der Waals surface area contributed by atoms with Gasteiger partial charge >= 0.3 is 0 Å². The molecule has 0 saturated carbocycles. The molecule has 7 heteroatoms. The molecule has 4 nitrogen and oxygen atoms in total. The molecule has 0 N–H and O–H groups in total. The smallest absolute Gasteiger partial charge is 0.226 e. The maximum Gasteiger partial charge on any atom is 0.226 e. The van der Waals surface area contributed by atoms with Gasteiger partial charge in [0.1, 0.15) is 22.6 Å². The maximum atomic E-state index is 13.0. The number of halogens is 1. The molecule has 23 heavy (non-hydrogen) atoms. The predicted octanol–water partition coefficient (Wildman–Crippen LogP) is 1.69. The van der Waals surface area contributed by atoms with Gasteiger partial charge < -0.3 is 14.0 Å². The fourth-order valence-electron chi connectivity index (χ4n) is 3.16. The van der Waals surface area contributed by atoms with Gasteiger partial charge in [0.2, 0.25) is 5.91 Å². The van der Waals surface area contributed by atoms with Crippen molar-refractivity contribution in [1.82, 2.24) is 4.90 Å². The molecule has 0 radical (unpaired) electrons. The summed E-state index contributed by atoms with van der Waals surface area (Å²) in [5.74, 6) is 0.944. The molecule has 2 fully saturated rings. The van der Waals surface area contributed by atoms with Gasteiger partial charge in [0.05, 0.1) is 6.54 Å². The Balaban J connectivity index is 1.57. The number of rotatable bonds is 3. The van der Waals surface area contributed by atoms with E-state index in [9.17, 15) is 18.3 Å². The van der Waals surface area contributed by atoms with Crippen LogP contribution in [0, 0.1) is 11.7 Å². The molecule has 0 aliphatic carbocycles. The van der Waals surface area contributed by atoms with Gasteiger partial charge in [-0.1, -0.05) is 11.2 Å². The lowest BCUT2D eigenvalue weighted by atomic mass is 10.0. The Morgan fingerprint density at radius 3 is 2.52 bits per heavy atom. The minimum absolute atomic E-state index is 0.0364. The van der Waals surface area contributed by atoms with Gasteiger partial charge in [-0.3, -0.25) is 4.79 Å². The molecule has 2 atom stereocenters. The number of benzene rings is 1. The van der Waals surface area contributed by atoms with Crippen molar-refractivity contribution in [2.24, 2.45) is 5.92 Å². The van der Waals surface area contributed by atoms with Crippen molar-refractivity contribution >= 4 is 28.3 Å². The molecule has 0 bridgehead atoms. The summed E-state index contributed by atoms with van der Waals surface area (Å²) < 4.78 is 36.9. The number of carbonyl (C=O) groups is 1. The quantitative estimate of drug-likeness (QED) is 0.773. The summed E-state index contributed by atoms with van der Waals surface area (Å²) in [7, 11) is 0. The lowest BCUT2D eigenvalue weighted by molar-refractivity contribution is -0.134. The van der Waals surface area contributed by atoms with Crippen LogP contribution in [0.25, 0.3) is 0 Å². The Morgan fingerprint density at radius 1 is 1.22 bits per heavy atom. The largest absolute Gasteiger partial charge is 0.616 e. The second kappa shape index (κ2) is 7.42. The molecule has 3 rings (SSSR count). The molecule has 0 aromatic heterocycles. The third-order valence-electron chi connectivity index (χ3n) is 4.54. The summed E-state index contributed by atoms with van der Waals surface area (Å²) >= 11 is -1.99. The van der Waals surface area contributed by atoms with Crippen molar-refractivity contribution < 1.29 is 18.3 Å². The highest BCUT2D eigenvalue weighted by molar-refractivity contribution is 7.92. The summed E-state index contributed by atoms with van der Waals surface area (Å²) in [4.78, 5) is 14.9. The standard InChI is InChI=1S/C16H20FNO3S2/c17-13-1-3-14(4-2-13)23(21)15-5-8-18(11-15)16(19)12-6-9-22(20)10-7-12/h1-4,12,15H,5-11H2. The van der Waals surface area contributed by atoms with E-state index in [2.05, 4.69) is 0 Å². The van der Waals surface area contributed by atoms with Crippen molar-refractivity contribution in [3.8, 4) is 0 Å². The van der Waals surface area contributed by atoms with Gasteiger partial charge in [-0.15, -0.1) is 0 Å². The van der Waals surface area contributed by atoms with Gasteiger partial charge in [0.15, 0.2) is 4.90 Å². The van der Waals surface area contributed by atoms with Crippen LogP contribution in [0.2, 0.25) is 0 Å². The van der Waals surface area contributed by atoms with E-state index < -0.39 is 22.4 Å². The summed E-state index contributed by atoms with van der Waals surface area (Å²) in [6.45, 7) is 1.11. The number of nitrogens with zero attached hydrogens (tertiary/aromatic N) is 1. The van der Waals surface area contributed by atoms with Crippen LogP contribution in [0.5, 0.6) is 0 Å². The van der Waals surface area contributed by atoms with Gasteiger partial charge in [0.25, 0.3) is 0 Å². The molecule has 1 aromatic rings. The van der Waals surface area contributed by atoms with Crippen molar-refractivity contribution in [2.75, 3.05) is 24.6 Å². The Bertz CT molecular complexity index is 549. The van der Waals surface area contributed by atoms with Gasteiger partial charge in [0, 0.05) is 31.7 Å². The highest BCUT2D eigenvalue weighted by Gasteiger charge is 2.38. The molecule has 2 unspecified atom stereocenters. The topological polar surface area (TPSA) is 66.4 Å². The number of carbonyl (C=O) groups excluding carboxylic acids is 1. The fraction of sp³-hybridized carbons (Fsp3) is 0.562. The second-order valence-corrected chi connectivity index (χ2v) is 9.50. The van der Waals surface area contributed by atoms with Gasteiger partial charge in [-0.2, -0.15) is 0 Å². The van der Waals surface area contributed by atoms with Gasteiger partial charge in [-0.25, -0.2) is 4.39 Å². The van der Waals surface area contributed by atoms with Crippen LogP contribution >= 0.6 is 0 Å². The van der Waals surface area contributed by atoms with Crippen molar-refractivity contribution in [2.45, 2.75) is 29.4 Å². The molecule has 2 aliphatic rings. The number of amides is 1. The van der Waals surface area contributed by atoms with Crippen molar-refractivity contribution in [3.05, 3.63) is 30.1 Å². The van der Waals surface area contributed by atoms with E-state index in [4.69, 9.17) is 0 Å². The van der Waals surface area contributed by atoms with Crippen LogP contribution in [-0.4, -0.2) is 49.8 Å².